The summed E-state index contributed by atoms with van der Waals surface area (Å²) in [6.07, 6.45) is 1.68. The van der Waals surface area contributed by atoms with Gasteiger partial charge in [-0.1, -0.05) is 48.5 Å². The Kier molecular flexibility index (Phi) is 3.24. The van der Waals surface area contributed by atoms with Gasteiger partial charge in [-0.2, -0.15) is 0 Å². The molecule has 0 bridgehead atoms. The third-order valence-corrected chi connectivity index (χ3v) is 3.86. The van der Waals surface area contributed by atoms with Crippen molar-refractivity contribution in [1.29, 1.82) is 0 Å². The fourth-order valence-corrected chi connectivity index (χ4v) is 2.67. The number of fused-ring (bicyclic) bond motifs is 2. The molecule has 3 nitrogen and oxygen atoms in total. The quantitative estimate of drug-likeness (QED) is 0.585. The van der Waals surface area contributed by atoms with E-state index in [-0.39, 0.29) is 5.91 Å². The summed E-state index contributed by atoms with van der Waals surface area (Å²) in [7, 11) is 0. The van der Waals surface area contributed by atoms with Crippen molar-refractivity contribution in [3.8, 4) is 0 Å². The lowest BCUT2D eigenvalue weighted by Crippen LogP contribution is -2.11. The van der Waals surface area contributed by atoms with E-state index in [1.807, 2.05) is 72.8 Å². The van der Waals surface area contributed by atoms with E-state index in [9.17, 15) is 4.79 Å². The molecule has 0 aliphatic heterocycles. The molecule has 0 unspecified atom stereocenters. The van der Waals surface area contributed by atoms with Crippen molar-refractivity contribution in [3.05, 3.63) is 84.6 Å². The van der Waals surface area contributed by atoms with E-state index < -0.39 is 0 Å². The van der Waals surface area contributed by atoms with Crippen LogP contribution in [0.5, 0.6) is 0 Å². The van der Waals surface area contributed by atoms with Gasteiger partial charge in [0.15, 0.2) is 0 Å². The van der Waals surface area contributed by atoms with Crippen LogP contribution < -0.4 is 5.32 Å². The number of para-hydroxylation sites is 1. The van der Waals surface area contributed by atoms with Gasteiger partial charge in [0, 0.05) is 10.9 Å². The topological polar surface area (TPSA) is 42.0 Å². The minimum absolute atomic E-state index is 0.132. The molecule has 23 heavy (non-hydrogen) atoms. The van der Waals surface area contributed by atoms with Crippen molar-refractivity contribution in [2.75, 3.05) is 5.32 Å². The Bertz CT molecular complexity index is 1020. The Hall–Kier alpha value is -3.20. The number of nitrogens with one attached hydrogen (secondary N) is 1. The Morgan fingerprint density at radius 1 is 0.783 bits per heavy atom. The van der Waals surface area contributed by atoms with E-state index in [0.29, 0.717) is 11.3 Å². The molecule has 4 rings (SSSR count). The van der Waals surface area contributed by atoms with Gasteiger partial charge in [-0.3, -0.25) is 9.78 Å². The van der Waals surface area contributed by atoms with Crippen LogP contribution in [0.1, 0.15) is 10.4 Å². The number of anilines is 1. The van der Waals surface area contributed by atoms with Gasteiger partial charge in [0.25, 0.3) is 5.91 Å². The van der Waals surface area contributed by atoms with E-state index in [4.69, 9.17) is 0 Å². The van der Waals surface area contributed by atoms with E-state index >= 15 is 0 Å². The highest BCUT2D eigenvalue weighted by molar-refractivity contribution is 6.06. The maximum atomic E-state index is 12.5. The third-order valence-electron chi connectivity index (χ3n) is 3.86. The highest BCUT2D eigenvalue weighted by Crippen LogP contribution is 2.19. The fourth-order valence-electron chi connectivity index (χ4n) is 2.67. The number of aromatic nitrogens is 1. The van der Waals surface area contributed by atoms with Crippen molar-refractivity contribution in [1.82, 2.24) is 4.98 Å². The molecular weight excluding hydrogens is 284 g/mol. The van der Waals surface area contributed by atoms with Crippen LogP contribution in [0.25, 0.3) is 21.7 Å². The van der Waals surface area contributed by atoms with Crippen molar-refractivity contribution in [2.45, 2.75) is 0 Å². The van der Waals surface area contributed by atoms with Gasteiger partial charge in [0.05, 0.1) is 17.4 Å². The van der Waals surface area contributed by atoms with Gasteiger partial charge in [0.2, 0.25) is 0 Å². The molecule has 0 aliphatic rings. The number of benzene rings is 3. The van der Waals surface area contributed by atoms with Crippen molar-refractivity contribution < 1.29 is 4.79 Å². The summed E-state index contributed by atoms with van der Waals surface area (Å²) < 4.78 is 0. The molecule has 110 valence electrons. The molecule has 0 radical (unpaired) electrons. The Morgan fingerprint density at radius 2 is 1.52 bits per heavy atom. The van der Waals surface area contributed by atoms with Crippen molar-refractivity contribution in [2.24, 2.45) is 0 Å². The molecular formula is C20H14N2O. The van der Waals surface area contributed by atoms with Crippen LogP contribution in [0, 0.1) is 0 Å². The summed E-state index contributed by atoms with van der Waals surface area (Å²) in [6, 6.07) is 23.5. The smallest absolute Gasteiger partial charge is 0.255 e. The van der Waals surface area contributed by atoms with E-state index in [1.54, 1.807) is 6.20 Å². The van der Waals surface area contributed by atoms with Crippen LogP contribution in [0.2, 0.25) is 0 Å². The zero-order valence-electron chi connectivity index (χ0n) is 12.4. The predicted molar refractivity (Wildman–Crippen MR) is 93.6 cm³/mol. The lowest BCUT2D eigenvalue weighted by molar-refractivity contribution is 0.102. The van der Waals surface area contributed by atoms with Crippen LogP contribution in [0.15, 0.2) is 79.0 Å². The fraction of sp³-hybridized carbons (Fsp3) is 0. The number of amides is 1. The number of hydrogen-bond acceptors (Lipinski definition) is 2. The molecule has 1 amide bonds. The molecule has 0 aliphatic carbocycles. The van der Waals surface area contributed by atoms with Gasteiger partial charge < -0.3 is 5.32 Å². The molecule has 0 fully saturated rings. The zero-order chi connectivity index (χ0) is 15.6. The molecule has 0 saturated heterocycles. The molecule has 1 N–H and O–H groups in total. The molecule has 4 aromatic rings. The standard InChI is InChI=1S/C20H14N2O/c23-20(17-10-9-14-5-1-2-6-15(14)11-17)22-18-12-16-7-3-4-8-19(16)21-13-18/h1-13H,(H,22,23). The minimum Gasteiger partial charge on any atom is -0.321 e. The summed E-state index contributed by atoms with van der Waals surface area (Å²) >= 11 is 0. The summed E-state index contributed by atoms with van der Waals surface area (Å²) in [5.41, 5.74) is 2.25. The number of rotatable bonds is 2. The number of nitrogens with zero attached hydrogens (tertiary/aromatic N) is 1. The van der Waals surface area contributed by atoms with Crippen LogP contribution >= 0.6 is 0 Å². The summed E-state index contributed by atoms with van der Waals surface area (Å²) in [4.78, 5) is 16.8. The van der Waals surface area contributed by atoms with Gasteiger partial charge in [0.1, 0.15) is 0 Å². The average Bonchev–Trinajstić information content (AvgIpc) is 2.61. The molecule has 1 heterocycles. The first-order valence-electron chi connectivity index (χ1n) is 7.44. The van der Waals surface area contributed by atoms with Gasteiger partial charge in [-0.05, 0) is 35.0 Å². The second-order valence-electron chi connectivity index (χ2n) is 5.43. The highest BCUT2D eigenvalue weighted by atomic mass is 16.1. The average molecular weight is 298 g/mol. The normalized spacial score (nSPS) is 10.8. The van der Waals surface area contributed by atoms with E-state index in [1.165, 1.54) is 0 Å². The van der Waals surface area contributed by atoms with Gasteiger partial charge in [-0.25, -0.2) is 0 Å². The molecule has 3 aromatic carbocycles. The van der Waals surface area contributed by atoms with Crippen molar-refractivity contribution in [3.63, 3.8) is 0 Å². The SMILES string of the molecule is O=C(Nc1cnc2ccccc2c1)c1ccc2ccccc2c1. The van der Waals surface area contributed by atoms with E-state index in [0.717, 1.165) is 21.7 Å². The molecule has 0 saturated carbocycles. The Labute approximate surface area is 133 Å². The molecule has 1 aromatic heterocycles. The zero-order valence-corrected chi connectivity index (χ0v) is 12.4. The second-order valence-corrected chi connectivity index (χ2v) is 5.43. The highest BCUT2D eigenvalue weighted by Gasteiger charge is 2.07. The number of hydrogen-bond donors (Lipinski definition) is 1. The van der Waals surface area contributed by atoms with E-state index in [2.05, 4.69) is 10.3 Å². The van der Waals surface area contributed by atoms with Crippen molar-refractivity contribution >= 4 is 33.3 Å². The molecule has 0 atom stereocenters. The lowest BCUT2D eigenvalue weighted by atomic mass is 10.1. The Morgan fingerprint density at radius 3 is 2.39 bits per heavy atom. The minimum atomic E-state index is -0.132. The first-order chi connectivity index (χ1) is 11.3. The summed E-state index contributed by atoms with van der Waals surface area (Å²) in [5, 5.41) is 6.09. The van der Waals surface area contributed by atoms with Crippen LogP contribution in [0.4, 0.5) is 5.69 Å². The third kappa shape index (κ3) is 2.64. The number of carbonyl (C=O) groups is 1. The second kappa shape index (κ2) is 5.54. The van der Waals surface area contributed by atoms with Crippen LogP contribution in [-0.4, -0.2) is 10.9 Å². The summed E-state index contributed by atoms with van der Waals surface area (Å²) in [6.45, 7) is 0. The molecule has 3 heteroatoms. The first-order valence-corrected chi connectivity index (χ1v) is 7.44. The Balaban J connectivity index is 1.64. The number of carbonyl (C=O) groups excluding carboxylic acids is 1. The van der Waals surface area contributed by atoms with Crippen LogP contribution in [-0.2, 0) is 0 Å². The maximum absolute atomic E-state index is 12.5. The lowest BCUT2D eigenvalue weighted by Gasteiger charge is -2.07. The first kappa shape index (κ1) is 13.5. The largest absolute Gasteiger partial charge is 0.321 e. The predicted octanol–water partition coefficient (Wildman–Crippen LogP) is 4.64. The van der Waals surface area contributed by atoms with Crippen LogP contribution in [0.3, 0.4) is 0 Å². The number of pyridine rings is 1. The maximum Gasteiger partial charge on any atom is 0.255 e. The monoisotopic (exact) mass is 298 g/mol. The van der Waals surface area contributed by atoms with Gasteiger partial charge >= 0.3 is 0 Å². The van der Waals surface area contributed by atoms with Gasteiger partial charge in [-0.15, -0.1) is 0 Å². The molecule has 0 spiro atoms. The summed E-state index contributed by atoms with van der Waals surface area (Å²) in [5.74, 6) is -0.132.